The Hall–Kier alpha value is -3.48. The molecule has 0 spiro atoms. The second-order valence-electron chi connectivity index (χ2n) is 14.6. The summed E-state index contributed by atoms with van der Waals surface area (Å²) in [6.45, 7) is 3.78. The van der Waals surface area contributed by atoms with E-state index in [0.717, 1.165) is 65.8 Å². The topological polar surface area (TPSA) is 117 Å². The Morgan fingerprint density at radius 3 is 2.67 bits per heavy atom. The summed E-state index contributed by atoms with van der Waals surface area (Å²) in [6, 6.07) is 8.73. The molecule has 8 unspecified atom stereocenters. The molecule has 0 bridgehead atoms. The van der Waals surface area contributed by atoms with Gasteiger partial charge in [-0.05, 0) is 80.4 Å². The molecule has 0 radical (unpaired) electrons. The van der Waals surface area contributed by atoms with Gasteiger partial charge in [-0.2, -0.15) is 5.10 Å². The third kappa shape index (κ3) is 3.09. The predicted octanol–water partition coefficient (Wildman–Crippen LogP) is 4.20. The molecule has 6 fully saturated rings. The second kappa shape index (κ2) is 8.65. The van der Waals surface area contributed by atoms with Gasteiger partial charge in [0.1, 0.15) is 6.04 Å². The van der Waals surface area contributed by atoms with Crippen LogP contribution in [0.25, 0.3) is 10.8 Å². The summed E-state index contributed by atoms with van der Waals surface area (Å²) in [7, 11) is 0. The molecule has 4 heterocycles. The molecular weight excluding hydrogens is 683 g/mol. The lowest BCUT2D eigenvalue weighted by Gasteiger charge is -2.91. The summed E-state index contributed by atoms with van der Waals surface area (Å²) in [4.78, 5) is 55.5. The lowest BCUT2D eigenvalue weighted by molar-refractivity contribution is -0.402. The number of hydrogen-bond donors (Lipinski definition) is 2. The van der Waals surface area contributed by atoms with Crippen molar-refractivity contribution in [3.8, 4) is 0 Å². The molecule has 230 valence electrons. The molecule has 8 atom stereocenters. The SMILES string of the molecule is CC1(n2cc(Nc3ccc4c5c(cccc35)C(=O)N4C3CCC(=O)NC3=O)cn2)CCN(C(=O)C23C(I)C4C5CC2C5C43)CC1. The number of fused-ring (bicyclic) bond motifs is 2. The Morgan fingerprint density at radius 1 is 1.11 bits per heavy atom. The number of alkyl halides is 1. The first-order chi connectivity index (χ1) is 21.7. The number of hydrogen-bond acceptors (Lipinski definition) is 6. The number of carbonyl (C=O) groups is 4. The molecule has 4 aliphatic carbocycles. The molecule has 1 aromatic heterocycles. The highest BCUT2D eigenvalue weighted by Gasteiger charge is 2.92. The molecule has 3 aliphatic heterocycles. The molecule has 4 amide bonds. The molecule has 45 heavy (non-hydrogen) atoms. The second-order valence-corrected chi connectivity index (χ2v) is 16.0. The Morgan fingerprint density at radius 2 is 1.93 bits per heavy atom. The van der Waals surface area contributed by atoms with Crippen molar-refractivity contribution in [3.63, 3.8) is 0 Å². The fourth-order valence-corrected chi connectivity index (χ4v) is 12.7. The number of carbonyl (C=O) groups excluding carboxylic acids is 4. The van der Waals surface area contributed by atoms with Crippen molar-refractivity contribution in [2.75, 3.05) is 23.3 Å². The lowest BCUT2D eigenvalue weighted by atomic mass is 9.14. The molecule has 10 nitrogen and oxygen atoms in total. The zero-order valence-corrected chi connectivity index (χ0v) is 27.0. The first-order valence-corrected chi connectivity index (χ1v) is 17.5. The first-order valence-electron chi connectivity index (χ1n) is 16.2. The number of aromatic nitrogens is 2. The number of likely N-dealkylation sites (tertiary alicyclic amines) is 1. The van der Waals surface area contributed by atoms with E-state index in [1.54, 1.807) is 11.0 Å². The number of rotatable bonds is 5. The van der Waals surface area contributed by atoms with E-state index >= 15 is 0 Å². The average molecular weight is 717 g/mol. The van der Waals surface area contributed by atoms with E-state index in [4.69, 9.17) is 5.10 Å². The minimum Gasteiger partial charge on any atom is -0.352 e. The molecule has 10 rings (SSSR count). The Bertz CT molecular complexity index is 1880. The molecule has 3 aromatic rings. The number of benzene rings is 2. The van der Waals surface area contributed by atoms with Gasteiger partial charge >= 0.3 is 0 Å². The summed E-state index contributed by atoms with van der Waals surface area (Å²) in [6.07, 6.45) is 7.41. The zero-order valence-electron chi connectivity index (χ0n) is 24.8. The summed E-state index contributed by atoms with van der Waals surface area (Å²) >= 11 is 2.60. The molecule has 2 aromatic carbocycles. The molecule has 7 aliphatic rings. The van der Waals surface area contributed by atoms with Gasteiger partial charge in [0.25, 0.3) is 5.91 Å². The van der Waals surface area contributed by atoms with Gasteiger partial charge in [0.2, 0.25) is 17.7 Å². The van der Waals surface area contributed by atoms with Crippen LogP contribution in [0, 0.1) is 35.0 Å². The molecule has 4 saturated carbocycles. The van der Waals surface area contributed by atoms with E-state index in [-0.39, 0.29) is 29.2 Å². The van der Waals surface area contributed by atoms with Crippen LogP contribution in [0.15, 0.2) is 42.7 Å². The highest BCUT2D eigenvalue weighted by Crippen LogP contribution is 2.91. The average Bonchev–Trinajstić information content (AvgIpc) is 3.62. The van der Waals surface area contributed by atoms with Crippen LogP contribution in [0.5, 0.6) is 0 Å². The predicted molar refractivity (Wildman–Crippen MR) is 174 cm³/mol. The van der Waals surface area contributed by atoms with Crippen LogP contribution in [0.1, 0.15) is 49.4 Å². The van der Waals surface area contributed by atoms with E-state index < -0.39 is 11.9 Å². The van der Waals surface area contributed by atoms with Crippen LogP contribution in [-0.2, 0) is 19.9 Å². The summed E-state index contributed by atoms with van der Waals surface area (Å²) in [5, 5.41) is 12.4. The number of piperidine rings is 2. The normalized spacial score (nSPS) is 36.4. The van der Waals surface area contributed by atoms with E-state index in [2.05, 4.69) is 45.0 Å². The van der Waals surface area contributed by atoms with E-state index in [9.17, 15) is 19.2 Å². The fraction of sp³-hybridized carbons (Fsp3) is 0.500. The van der Waals surface area contributed by atoms with Gasteiger partial charge in [-0.25, -0.2) is 0 Å². The first kappa shape index (κ1) is 26.7. The third-order valence-corrected chi connectivity index (χ3v) is 14.8. The van der Waals surface area contributed by atoms with E-state index in [0.29, 0.717) is 39.3 Å². The van der Waals surface area contributed by atoms with Crippen molar-refractivity contribution in [2.24, 2.45) is 35.0 Å². The maximum absolute atomic E-state index is 13.9. The lowest BCUT2D eigenvalue weighted by Crippen LogP contribution is -2.93. The van der Waals surface area contributed by atoms with Crippen LogP contribution < -0.4 is 15.5 Å². The highest BCUT2D eigenvalue weighted by molar-refractivity contribution is 14.1. The number of imide groups is 1. The van der Waals surface area contributed by atoms with Crippen molar-refractivity contribution < 1.29 is 19.2 Å². The number of anilines is 3. The number of nitrogens with one attached hydrogen (secondary N) is 2. The van der Waals surface area contributed by atoms with Crippen molar-refractivity contribution in [2.45, 2.75) is 54.5 Å². The largest absolute Gasteiger partial charge is 0.352 e. The van der Waals surface area contributed by atoms with Gasteiger partial charge in [-0.1, -0.05) is 34.7 Å². The smallest absolute Gasteiger partial charge is 0.259 e. The fourth-order valence-electron chi connectivity index (χ4n) is 10.6. The monoisotopic (exact) mass is 716 g/mol. The number of nitrogens with zero attached hydrogens (tertiary/aromatic N) is 4. The maximum Gasteiger partial charge on any atom is 0.259 e. The summed E-state index contributed by atoms with van der Waals surface area (Å²) in [5.74, 6) is 3.45. The molecular formula is C34H33IN6O4. The van der Waals surface area contributed by atoms with E-state index in [1.165, 1.54) is 6.42 Å². The van der Waals surface area contributed by atoms with Crippen LogP contribution in [-0.4, -0.2) is 61.4 Å². The van der Waals surface area contributed by atoms with Crippen LogP contribution in [0.3, 0.4) is 0 Å². The third-order valence-electron chi connectivity index (χ3n) is 12.9. The van der Waals surface area contributed by atoms with Gasteiger partial charge in [-0.15, -0.1) is 0 Å². The van der Waals surface area contributed by atoms with Crippen LogP contribution in [0.4, 0.5) is 17.1 Å². The van der Waals surface area contributed by atoms with Gasteiger partial charge < -0.3 is 10.2 Å². The summed E-state index contributed by atoms with van der Waals surface area (Å²) < 4.78 is 2.59. The van der Waals surface area contributed by atoms with Crippen LogP contribution >= 0.6 is 22.6 Å². The number of amides is 4. The van der Waals surface area contributed by atoms with E-state index in [1.807, 2.05) is 41.3 Å². The zero-order chi connectivity index (χ0) is 30.6. The van der Waals surface area contributed by atoms with Crippen molar-refractivity contribution in [1.29, 1.82) is 0 Å². The van der Waals surface area contributed by atoms with Gasteiger partial charge in [0.05, 0.1) is 28.5 Å². The van der Waals surface area contributed by atoms with Gasteiger partial charge in [0.15, 0.2) is 0 Å². The Kier molecular flexibility index (Phi) is 5.14. The van der Waals surface area contributed by atoms with Crippen LogP contribution in [0.2, 0.25) is 0 Å². The van der Waals surface area contributed by atoms with Crippen molar-refractivity contribution in [3.05, 3.63) is 48.3 Å². The Balaban J connectivity index is 0.870. The summed E-state index contributed by atoms with van der Waals surface area (Å²) in [5.41, 5.74) is 2.71. The Labute approximate surface area is 273 Å². The minimum atomic E-state index is -0.715. The number of halogens is 1. The van der Waals surface area contributed by atoms with Gasteiger partial charge in [0, 0.05) is 51.7 Å². The standard InChI is InChI=1S/C34H33IN6O4/c1-33(9-11-39(12-10-33)32(45)34-20-13-19-26(20)28(34)27(19)29(34)35)40-15-16(14-36-40)37-21-5-6-22-25-17(21)3-2-4-18(25)31(44)41(22)23-7-8-24(42)38-30(23)43/h2-6,14-15,19-20,23,26-29,37H,7-13H2,1H3,(H,38,42,43). The minimum absolute atomic E-state index is 0.0374. The molecule has 2 N–H and O–H groups in total. The molecule has 11 heteroatoms. The highest BCUT2D eigenvalue weighted by atomic mass is 127. The van der Waals surface area contributed by atoms with Crippen molar-refractivity contribution in [1.82, 2.24) is 20.0 Å². The maximum atomic E-state index is 13.9. The van der Waals surface area contributed by atoms with Gasteiger partial charge in [-0.3, -0.25) is 34.1 Å². The van der Waals surface area contributed by atoms with Crippen molar-refractivity contribution >= 4 is 74.1 Å². The molecule has 2 saturated heterocycles. The quantitative estimate of drug-likeness (QED) is 0.233.